The number of ether oxygens (including phenoxy) is 1. The molecular weight excluding hydrogens is 328 g/mol. The van der Waals surface area contributed by atoms with Crippen molar-refractivity contribution in [3.05, 3.63) is 24.3 Å². The normalized spacial score (nSPS) is 33.4. The Hall–Kier alpha value is -1.13. The molecule has 0 spiro atoms. The van der Waals surface area contributed by atoms with Crippen LogP contribution in [-0.2, 0) is 9.53 Å². The third kappa shape index (κ3) is 5.20. The van der Waals surface area contributed by atoms with Crippen LogP contribution in [0.25, 0.3) is 0 Å². The number of aliphatic carboxylic acids is 1. The average molecular weight is 363 g/mol. The fraction of sp³-hybridized carbons (Fsp3) is 0.773. The standard InChI is InChI=1S/C22H34O4/c23-19(16-8-4-3-5-9-16)13-12-18-17(20-14-15-21(18)26-20)10-6-1-2-7-11-22(24)25/h1,6,12-13,16-21,23H,2-5,7-11,14-15H2,(H,24,25)/b6-1+,13-12+/t17?,18-,19?,20?,21+/m0/s1. The molecule has 0 aromatic carbocycles. The average Bonchev–Trinajstić information content (AvgIpc) is 3.24. The van der Waals surface area contributed by atoms with Crippen LogP contribution in [0.3, 0.4) is 0 Å². The van der Waals surface area contributed by atoms with Crippen molar-refractivity contribution < 1.29 is 19.7 Å². The number of aliphatic hydroxyl groups is 1. The summed E-state index contributed by atoms with van der Waals surface area (Å²) in [6, 6.07) is 0. The van der Waals surface area contributed by atoms with Crippen molar-refractivity contribution in [2.75, 3.05) is 0 Å². The summed E-state index contributed by atoms with van der Waals surface area (Å²) in [5.41, 5.74) is 0. The Morgan fingerprint density at radius 1 is 1.08 bits per heavy atom. The molecule has 0 aromatic heterocycles. The van der Waals surface area contributed by atoms with Gasteiger partial charge in [-0.05, 0) is 56.8 Å². The largest absolute Gasteiger partial charge is 0.481 e. The second kappa shape index (κ2) is 9.70. The van der Waals surface area contributed by atoms with Crippen LogP contribution < -0.4 is 0 Å². The zero-order chi connectivity index (χ0) is 18.4. The molecule has 0 radical (unpaired) electrons. The fourth-order valence-electron chi connectivity index (χ4n) is 5.00. The third-order valence-corrected chi connectivity index (χ3v) is 6.49. The first-order valence-corrected chi connectivity index (χ1v) is 10.5. The molecule has 1 aliphatic carbocycles. The summed E-state index contributed by atoms with van der Waals surface area (Å²) in [6.45, 7) is 0. The summed E-state index contributed by atoms with van der Waals surface area (Å²) in [7, 11) is 0. The van der Waals surface area contributed by atoms with Gasteiger partial charge in [0, 0.05) is 12.3 Å². The predicted octanol–water partition coefficient (Wildman–Crippen LogP) is 4.48. The van der Waals surface area contributed by atoms with E-state index in [1.807, 2.05) is 6.08 Å². The number of fused-ring (bicyclic) bond motifs is 2. The number of aliphatic hydroxyl groups excluding tert-OH is 1. The van der Waals surface area contributed by atoms with Gasteiger partial charge in [0.05, 0.1) is 18.3 Å². The number of carboxylic acids is 1. The van der Waals surface area contributed by atoms with Crippen LogP contribution in [0.1, 0.15) is 70.6 Å². The number of allylic oxidation sites excluding steroid dienone is 2. The lowest BCUT2D eigenvalue weighted by molar-refractivity contribution is -0.137. The molecule has 2 aliphatic heterocycles. The van der Waals surface area contributed by atoms with Crippen molar-refractivity contribution in [1.82, 2.24) is 0 Å². The molecule has 146 valence electrons. The topological polar surface area (TPSA) is 66.8 Å². The zero-order valence-corrected chi connectivity index (χ0v) is 15.8. The van der Waals surface area contributed by atoms with Gasteiger partial charge >= 0.3 is 5.97 Å². The molecule has 2 saturated heterocycles. The molecule has 4 nitrogen and oxygen atoms in total. The van der Waals surface area contributed by atoms with E-state index in [1.54, 1.807) is 0 Å². The minimum absolute atomic E-state index is 0.242. The second-order valence-corrected chi connectivity index (χ2v) is 8.30. The molecule has 3 rings (SSSR count). The zero-order valence-electron chi connectivity index (χ0n) is 15.8. The summed E-state index contributed by atoms with van der Waals surface area (Å²) < 4.78 is 6.14. The maximum Gasteiger partial charge on any atom is 0.303 e. The van der Waals surface area contributed by atoms with Gasteiger partial charge in [-0.3, -0.25) is 4.79 Å². The first-order valence-electron chi connectivity index (χ1n) is 10.5. The first-order chi connectivity index (χ1) is 12.6. The highest BCUT2D eigenvalue weighted by Crippen LogP contribution is 2.46. The van der Waals surface area contributed by atoms with Gasteiger partial charge in [0.1, 0.15) is 0 Å². The number of carboxylic acid groups (broad SMARTS) is 1. The lowest BCUT2D eigenvalue weighted by Crippen LogP contribution is -2.26. The predicted molar refractivity (Wildman–Crippen MR) is 102 cm³/mol. The maximum absolute atomic E-state index is 10.5. The molecular formula is C22H34O4. The lowest BCUT2D eigenvalue weighted by atomic mass is 9.76. The van der Waals surface area contributed by atoms with E-state index in [-0.39, 0.29) is 12.5 Å². The number of rotatable bonds is 9. The fourth-order valence-corrected chi connectivity index (χ4v) is 5.00. The summed E-state index contributed by atoms with van der Waals surface area (Å²) in [6.07, 6.45) is 20.2. The van der Waals surface area contributed by atoms with Crippen LogP contribution in [0, 0.1) is 17.8 Å². The quantitative estimate of drug-likeness (QED) is 0.469. The van der Waals surface area contributed by atoms with Gasteiger partial charge < -0.3 is 14.9 Å². The number of unbranched alkanes of at least 4 members (excludes halogenated alkanes) is 1. The third-order valence-electron chi connectivity index (χ3n) is 6.49. The van der Waals surface area contributed by atoms with Crippen molar-refractivity contribution in [3.63, 3.8) is 0 Å². The van der Waals surface area contributed by atoms with Crippen molar-refractivity contribution >= 4 is 5.97 Å². The summed E-state index contributed by atoms with van der Waals surface area (Å²) in [4.78, 5) is 10.5. The van der Waals surface area contributed by atoms with Gasteiger partial charge in [-0.25, -0.2) is 0 Å². The van der Waals surface area contributed by atoms with Gasteiger partial charge in [0.25, 0.3) is 0 Å². The smallest absolute Gasteiger partial charge is 0.303 e. The molecule has 2 bridgehead atoms. The molecule has 2 heterocycles. The molecule has 0 amide bonds. The Morgan fingerprint density at radius 3 is 2.62 bits per heavy atom. The molecule has 3 fully saturated rings. The summed E-state index contributed by atoms with van der Waals surface area (Å²) in [5.74, 6) is 0.628. The molecule has 2 N–H and O–H groups in total. The Balaban J connectivity index is 1.49. The molecule has 0 aromatic rings. The van der Waals surface area contributed by atoms with E-state index >= 15 is 0 Å². The highest BCUT2D eigenvalue weighted by atomic mass is 16.5. The van der Waals surface area contributed by atoms with Gasteiger partial charge in [0.15, 0.2) is 0 Å². The van der Waals surface area contributed by atoms with Gasteiger partial charge in [-0.15, -0.1) is 0 Å². The molecule has 3 unspecified atom stereocenters. The highest BCUT2D eigenvalue weighted by molar-refractivity contribution is 5.66. The number of hydrogen-bond acceptors (Lipinski definition) is 3. The van der Waals surface area contributed by atoms with E-state index in [1.165, 1.54) is 19.3 Å². The number of hydrogen-bond donors (Lipinski definition) is 2. The van der Waals surface area contributed by atoms with Crippen molar-refractivity contribution in [3.8, 4) is 0 Å². The van der Waals surface area contributed by atoms with E-state index in [4.69, 9.17) is 9.84 Å². The van der Waals surface area contributed by atoms with Gasteiger partial charge in [-0.1, -0.05) is 43.6 Å². The van der Waals surface area contributed by atoms with Crippen molar-refractivity contribution in [2.24, 2.45) is 17.8 Å². The minimum atomic E-state index is -0.721. The molecule has 1 saturated carbocycles. The Morgan fingerprint density at radius 2 is 1.85 bits per heavy atom. The van der Waals surface area contributed by atoms with Crippen molar-refractivity contribution in [1.29, 1.82) is 0 Å². The van der Waals surface area contributed by atoms with Crippen LogP contribution in [0.4, 0.5) is 0 Å². The van der Waals surface area contributed by atoms with Crippen LogP contribution in [0.15, 0.2) is 24.3 Å². The van der Waals surface area contributed by atoms with Gasteiger partial charge in [0.2, 0.25) is 0 Å². The Labute approximate surface area is 157 Å². The molecule has 3 aliphatic rings. The van der Waals surface area contributed by atoms with Crippen LogP contribution >= 0.6 is 0 Å². The van der Waals surface area contributed by atoms with Crippen molar-refractivity contribution in [2.45, 2.75) is 88.9 Å². The Bertz CT molecular complexity index is 506. The summed E-state index contributed by atoms with van der Waals surface area (Å²) in [5, 5.41) is 19.2. The SMILES string of the molecule is O=C(O)CCC/C=C/CC1C2CC[C@@H](O2)[C@H]1/C=C/C(O)C1CCCCC1. The molecule has 26 heavy (non-hydrogen) atoms. The van der Waals surface area contributed by atoms with E-state index in [2.05, 4.69) is 18.2 Å². The lowest BCUT2D eigenvalue weighted by Gasteiger charge is -2.27. The monoisotopic (exact) mass is 362 g/mol. The molecule has 5 atom stereocenters. The van der Waals surface area contributed by atoms with E-state index in [9.17, 15) is 9.90 Å². The highest BCUT2D eigenvalue weighted by Gasteiger charge is 2.46. The first kappa shape index (κ1) is 19.6. The van der Waals surface area contributed by atoms with E-state index in [0.717, 1.165) is 38.5 Å². The second-order valence-electron chi connectivity index (χ2n) is 8.30. The van der Waals surface area contributed by atoms with Gasteiger partial charge in [-0.2, -0.15) is 0 Å². The Kier molecular flexibility index (Phi) is 7.32. The van der Waals surface area contributed by atoms with E-state index in [0.29, 0.717) is 36.4 Å². The number of carbonyl (C=O) groups is 1. The van der Waals surface area contributed by atoms with E-state index < -0.39 is 5.97 Å². The molecule has 4 heteroatoms. The maximum atomic E-state index is 10.5. The van der Waals surface area contributed by atoms with Crippen LogP contribution in [0.2, 0.25) is 0 Å². The summed E-state index contributed by atoms with van der Waals surface area (Å²) >= 11 is 0. The van der Waals surface area contributed by atoms with Crippen LogP contribution in [-0.4, -0.2) is 34.5 Å². The minimum Gasteiger partial charge on any atom is -0.481 e. The van der Waals surface area contributed by atoms with Crippen LogP contribution in [0.5, 0.6) is 0 Å².